The van der Waals surface area contributed by atoms with E-state index in [-0.39, 0.29) is 6.17 Å². The van der Waals surface area contributed by atoms with Crippen LogP contribution in [0.4, 0.5) is 0 Å². The van der Waals surface area contributed by atoms with Crippen LogP contribution in [-0.2, 0) is 0 Å². The molecule has 64 valence electrons. The van der Waals surface area contributed by atoms with E-state index in [4.69, 9.17) is 0 Å². The van der Waals surface area contributed by atoms with E-state index in [1.807, 2.05) is 18.2 Å². The van der Waals surface area contributed by atoms with Crippen LogP contribution in [0.5, 0.6) is 5.75 Å². The predicted octanol–water partition coefficient (Wildman–Crippen LogP) is 0.584. The summed E-state index contributed by atoms with van der Waals surface area (Å²) in [4.78, 5) is 0. The summed E-state index contributed by atoms with van der Waals surface area (Å²) in [5.74, 6) is 0.351. The lowest BCUT2D eigenvalue weighted by Crippen LogP contribution is -2.21. The van der Waals surface area contributed by atoms with Crippen LogP contribution in [0.1, 0.15) is 11.7 Å². The van der Waals surface area contributed by atoms with Crippen LogP contribution in [0, 0.1) is 0 Å². The molecular weight excluding hydrogens is 152 g/mol. The number of nitrogens with one attached hydrogen (secondary N) is 2. The summed E-state index contributed by atoms with van der Waals surface area (Å²) < 4.78 is 0. The average molecular weight is 164 g/mol. The van der Waals surface area contributed by atoms with Gasteiger partial charge in [0.05, 0.1) is 6.17 Å². The Kier molecular flexibility index (Phi) is 1.98. The van der Waals surface area contributed by atoms with Crippen molar-refractivity contribution in [1.29, 1.82) is 0 Å². The molecule has 0 aromatic heterocycles. The highest BCUT2D eigenvalue weighted by molar-refractivity contribution is 5.34. The highest BCUT2D eigenvalue weighted by Crippen LogP contribution is 2.22. The molecule has 0 aliphatic carbocycles. The fourth-order valence-corrected chi connectivity index (χ4v) is 1.46. The van der Waals surface area contributed by atoms with Gasteiger partial charge in [0, 0.05) is 18.7 Å². The zero-order valence-corrected chi connectivity index (χ0v) is 6.75. The zero-order chi connectivity index (χ0) is 8.39. The zero-order valence-electron chi connectivity index (χ0n) is 6.75. The molecule has 2 rings (SSSR count). The summed E-state index contributed by atoms with van der Waals surface area (Å²) in [6, 6.07) is 7.38. The van der Waals surface area contributed by atoms with Crippen molar-refractivity contribution >= 4 is 0 Å². The van der Waals surface area contributed by atoms with Gasteiger partial charge in [0.15, 0.2) is 0 Å². The number of para-hydroxylation sites is 1. The summed E-state index contributed by atoms with van der Waals surface area (Å²) in [6.07, 6.45) is 0.117. The first kappa shape index (κ1) is 7.58. The SMILES string of the molecule is Oc1ccccc1C1NCCN1. The van der Waals surface area contributed by atoms with E-state index in [0.29, 0.717) is 5.75 Å². The molecule has 0 atom stereocenters. The fourth-order valence-electron chi connectivity index (χ4n) is 1.46. The second-order valence-corrected chi connectivity index (χ2v) is 2.90. The first-order valence-corrected chi connectivity index (χ1v) is 4.12. The van der Waals surface area contributed by atoms with Crippen LogP contribution in [0.2, 0.25) is 0 Å². The van der Waals surface area contributed by atoms with Gasteiger partial charge in [-0.3, -0.25) is 10.6 Å². The molecule has 1 aliphatic heterocycles. The van der Waals surface area contributed by atoms with Crippen LogP contribution >= 0.6 is 0 Å². The van der Waals surface area contributed by atoms with Crippen molar-refractivity contribution in [3.63, 3.8) is 0 Å². The van der Waals surface area contributed by atoms with Gasteiger partial charge in [-0.2, -0.15) is 0 Å². The molecule has 12 heavy (non-hydrogen) atoms. The topological polar surface area (TPSA) is 44.3 Å². The Bertz CT molecular complexity index is 269. The third-order valence-electron chi connectivity index (χ3n) is 2.07. The molecule has 1 saturated heterocycles. The molecule has 0 spiro atoms. The summed E-state index contributed by atoms with van der Waals surface area (Å²) in [5, 5.41) is 16.0. The molecule has 0 unspecified atom stereocenters. The van der Waals surface area contributed by atoms with E-state index < -0.39 is 0 Å². The summed E-state index contributed by atoms with van der Waals surface area (Å²) in [6.45, 7) is 1.91. The average Bonchev–Trinajstić information content (AvgIpc) is 2.57. The molecule has 3 nitrogen and oxygen atoms in total. The van der Waals surface area contributed by atoms with E-state index >= 15 is 0 Å². The highest BCUT2D eigenvalue weighted by atomic mass is 16.3. The number of hydrogen-bond acceptors (Lipinski definition) is 3. The molecule has 1 aromatic rings. The Hall–Kier alpha value is -1.06. The van der Waals surface area contributed by atoms with Gasteiger partial charge in [-0.25, -0.2) is 0 Å². The van der Waals surface area contributed by atoms with Crippen LogP contribution in [-0.4, -0.2) is 18.2 Å². The van der Waals surface area contributed by atoms with Gasteiger partial charge in [0.2, 0.25) is 0 Å². The molecule has 1 fully saturated rings. The number of aromatic hydroxyl groups is 1. The quantitative estimate of drug-likeness (QED) is 0.569. The van der Waals surface area contributed by atoms with Crippen molar-refractivity contribution in [3.8, 4) is 5.75 Å². The number of benzene rings is 1. The molecule has 3 heteroatoms. The van der Waals surface area contributed by atoms with E-state index in [1.165, 1.54) is 0 Å². The maximum Gasteiger partial charge on any atom is 0.121 e. The first-order chi connectivity index (χ1) is 5.88. The number of hydrogen-bond donors (Lipinski definition) is 3. The monoisotopic (exact) mass is 164 g/mol. The van der Waals surface area contributed by atoms with Gasteiger partial charge in [-0.05, 0) is 6.07 Å². The lowest BCUT2D eigenvalue weighted by Gasteiger charge is -2.12. The molecule has 1 aromatic carbocycles. The van der Waals surface area contributed by atoms with Crippen molar-refractivity contribution in [3.05, 3.63) is 29.8 Å². The minimum atomic E-state index is 0.117. The molecule has 0 bridgehead atoms. The molecule has 3 N–H and O–H groups in total. The van der Waals surface area contributed by atoms with Gasteiger partial charge < -0.3 is 5.11 Å². The smallest absolute Gasteiger partial charge is 0.121 e. The Labute approximate surface area is 71.4 Å². The maximum absolute atomic E-state index is 9.49. The number of phenols is 1. The lowest BCUT2D eigenvalue weighted by atomic mass is 10.1. The molecular formula is C9H12N2O. The summed E-state index contributed by atoms with van der Waals surface area (Å²) >= 11 is 0. The minimum absolute atomic E-state index is 0.117. The van der Waals surface area contributed by atoms with Crippen LogP contribution in [0.15, 0.2) is 24.3 Å². The van der Waals surface area contributed by atoms with E-state index in [9.17, 15) is 5.11 Å². The predicted molar refractivity (Wildman–Crippen MR) is 46.9 cm³/mol. The summed E-state index contributed by atoms with van der Waals surface area (Å²) in [7, 11) is 0. The minimum Gasteiger partial charge on any atom is -0.508 e. The van der Waals surface area contributed by atoms with E-state index in [2.05, 4.69) is 10.6 Å². The largest absolute Gasteiger partial charge is 0.508 e. The van der Waals surface area contributed by atoms with Crippen LogP contribution in [0.25, 0.3) is 0 Å². The lowest BCUT2D eigenvalue weighted by molar-refractivity contribution is 0.451. The highest BCUT2D eigenvalue weighted by Gasteiger charge is 2.17. The van der Waals surface area contributed by atoms with Crippen molar-refractivity contribution < 1.29 is 5.11 Å². The van der Waals surface area contributed by atoms with Gasteiger partial charge in [0.1, 0.15) is 5.75 Å². The molecule has 0 amide bonds. The van der Waals surface area contributed by atoms with Gasteiger partial charge in [0.25, 0.3) is 0 Å². The Balaban J connectivity index is 2.26. The molecule has 0 radical (unpaired) electrons. The Morgan fingerprint density at radius 1 is 1.17 bits per heavy atom. The van der Waals surface area contributed by atoms with Gasteiger partial charge >= 0.3 is 0 Å². The normalized spacial score (nSPS) is 18.3. The number of phenolic OH excluding ortho intramolecular Hbond substituents is 1. The standard InChI is InChI=1S/C9H12N2O/c12-8-4-2-1-3-7(8)9-10-5-6-11-9/h1-4,9-12H,5-6H2. The van der Waals surface area contributed by atoms with Crippen molar-refractivity contribution in [2.45, 2.75) is 6.17 Å². The van der Waals surface area contributed by atoms with Gasteiger partial charge in [-0.15, -0.1) is 0 Å². The van der Waals surface area contributed by atoms with E-state index in [0.717, 1.165) is 18.7 Å². The fraction of sp³-hybridized carbons (Fsp3) is 0.333. The van der Waals surface area contributed by atoms with Crippen molar-refractivity contribution in [2.75, 3.05) is 13.1 Å². The second-order valence-electron chi connectivity index (χ2n) is 2.90. The summed E-state index contributed by atoms with van der Waals surface area (Å²) in [5.41, 5.74) is 0.926. The van der Waals surface area contributed by atoms with Crippen molar-refractivity contribution in [1.82, 2.24) is 10.6 Å². The second kappa shape index (κ2) is 3.13. The molecule has 0 saturated carbocycles. The van der Waals surface area contributed by atoms with E-state index in [1.54, 1.807) is 6.07 Å². The van der Waals surface area contributed by atoms with Gasteiger partial charge in [-0.1, -0.05) is 18.2 Å². The Morgan fingerprint density at radius 2 is 1.83 bits per heavy atom. The van der Waals surface area contributed by atoms with Crippen LogP contribution in [0.3, 0.4) is 0 Å². The maximum atomic E-state index is 9.49. The number of rotatable bonds is 1. The molecule has 1 heterocycles. The third kappa shape index (κ3) is 1.29. The first-order valence-electron chi connectivity index (χ1n) is 4.12. The Morgan fingerprint density at radius 3 is 2.50 bits per heavy atom. The van der Waals surface area contributed by atoms with Crippen LogP contribution < -0.4 is 10.6 Å². The third-order valence-corrected chi connectivity index (χ3v) is 2.07. The van der Waals surface area contributed by atoms with Crippen molar-refractivity contribution in [2.24, 2.45) is 0 Å². The molecule has 1 aliphatic rings.